The number of carbonyl (C=O) groups excluding carboxylic acids is 2. The molecule has 2 heterocycles. The van der Waals surface area contributed by atoms with Gasteiger partial charge in [0.15, 0.2) is 0 Å². The van der Waals surface area contributed by atoms with Gasteiger partial charge in [0.05, 0.1) is 14.8 Å². The molecule has 1 N–H and O–H groups in total. The van der Waals surface area contributed by atoms with Gasteiger partial charge in [-0.05, 0) is 43.2 Å². The van der Waals surface area contributed by atoms with Crippen molar-refractivity contribution in [1.29, 1.82) is 0 Å². The molecule has 9 heteroatoms. The number of hydrogen-bond acceptors (Lipinski definition) is 5. The fourth-order valence-electron chi connectivity index (χ4n) is 3.11. The lowest BCUT2D eigenvalue weighted by Gasteiger charge is -2.34. The zero-order valence-corrected chi connectivity index (χ0v) is 17.7. The van der Waals surface area contributed by atoms with E-state index in [0.29, 0.717) is 33.4 Å². The van der Waals surface area contributed by atoms with Gasteiger partial charge in [-0.15, -0.1) is 11.3 Å². The summed E-state index contributed by atoms with van der Waals surface area (Å²) in [6.45, 7) is 6.24. The Morgan fingerprint density at radius 1 is 1.04 bits per heavy atom. The summed E-state index contributed by atoms with van der Waals surface area (Å²) in [7, 11) is -3.59. The summed E-state index contributed by atoms with van der Waals surface area (Å²) in [6.07, 6.45) is 0. The number of piperazine rings is 1. The molecule has 1 aromatic heterocycles. The summed E-state index contributed by atoms with van der Waals surface area (Å²) in [6, 6.07) is 8.77. The largest absolute Gasteiger partial charge is 0.335 e. The number of nitrogens with one attached hydrogen (secondary N) is 1. The third kappa shape index (κ3) is 4.26. The van der Waals surface area contributed by atoms with E-state index in [2.05, 4.69) is 5.32 Å². The molecule has 0 unspecified atom stereocenters. The van der Waals surface area contributed by atoms with E-state index in [9.17, 15) is 18.0 Å². The van der Waals surface area contributed by atoms with E-state index in [1.807, 2.05) is 19.1 Å². The van der Waals surface area contributed by atoms with Gasteiger partial charge in [0.1, 0.15) is 0 Å². The van der Waals surface area contributed by atoms with Gasteiger partial charge >= 0.3 is 0 Å². The van der Waals surface area contributed by atoms with Crippen LogP contribution >= 0.6 is 11.3 Å². The van der Waals surface area contributed by atoms with E-state index in [1.54, 1.807) is 30.0 Å². The van der Waals surface area contributed by atoms with Crippen molar-refractivity contribution in [1.82, 2.24) is 9.21 Å². The minimum absolute atomic E-state index is 0.148. The van der Waals surface area contributed by atoms with Crippen LogP contribution in [-0.4, -0.2) is 55.6 Å². The summed E-state index contributed by atoms with van der Waals surface area (Å²) < 4.78 is 27.4. The minimum atomic E-state index is -3.59. The highest BCUT2D eigenvalue weighted by Gasteiger charge is 2.31. The third-order valence-corrected chi connectivity index (χ3v) is 7.63. The van der Waals surface area contributed by atoms with Gasteiger partial charge in [0.25, 0.3) is 5.91 Å². The molecule has 28 heavy (non-hydrogen) atoms. The first-order valence-electron chi connectivity index (χ1n) is 8.92. The summed E-state index contributed by atoms with van der Waals surface area (Å²) in [5.74, 6) is -0.337. The summed E-state index contributed by atoms with van der Waals surface area (Å²) >= 11 is 1.21. The summed E-state index contributed by atoms with van der Waals surface area (Å²) in [5, 5.41) is 3.28. The molecule has 1 saturated heterocycles. The zero-order valence-electron chi connectivity index (χ0n) is 16.1. The lowest BCUT2D eigenvalue weighted by atomic mass is 10.2. The Bertz CT molecular complexity index is 1010. The average molecular weight is 422 g/mol. The Labute approximate surface area is 169 Å². The molecular weight excluding hydrogens is 398 g/mol. The van der Waals surface area contributed by atoms with E-state index in [1.165, 1.54) is 22.6 Å². The fourth-order valence-corrected chi connectivity index (χ4v) is 5.76. The van der Waals surface area contributed by atoms with Crippen molar-refractivity contribution in [3.63, 3.8) is 0 Å². The summed E-state index contributed by atoms with van der Waals surface area (Å²) in [4.78, 5) is 26.3. The number of amides is 2. The first-order valence-corrected chi connectivity index (χ1v) is 11.2. The van der Waals surface area contributed by atoms with Crippen molar-refractivity contribution in [2.24, 2.45) is 0 Å². The van der Waals surface area contributed by atoms with Gasteiger partial charge in [-0.2, -0.15) is 4.31 Å². The van der Waals surface area contributed by atoms with E-state index in [0.717, 1.165) is 5.56 Å². The Kier molecular flexibility index (Phi) is 5.87. The minimum Gasteiger partial charge on any atom is -0.335 e. The lowest BCUT2D eigenvalue weighted by molar-refractivity contribution is -0.114. The number of benzene rings is 1. The van der Waals surface area contributed by atoms with Crippen LogP contribution in [-0.2, 0) is 14.8 Å². The smallest absolute Gasteiger partial charge is 0.264 e. The molecule has 2 aromatic rings. The maximum absolute atomic E-state index is 13.0. The maximum Gasteiger partial charge on any atom is 0.264 e. The number of hydrogen-bond donors (Lipinski definition) is 1. The standard InChI is InChI=1S/C19H23N3O4S2/c1-13-4-5-14(2)17(12-13)28(25,26)22-10-8-21(9-11-22)19(24)16-6-7-18(27-16)20-15(3)23/h4-7,12H,8-11H2,1-3H3,(H,20,23). The third-order valence-electron chi connectivity index (χ3n) is 4.60. The molecule has 2 amide bonds. The highest BCUT2D eigenvalue weighted by Crippen LogP contribution is 2.25. The van der Waals surface area contributed by atoms with Crippen LogP contribution in [0.25, 0.3) is 0 Å². The van der Waals surface area contributed by atoms with Crippen molar-refractivity contribution in [3.05, 3.63) is 46.3 Å². The fraction of sp³-hybridized carbons (Fsp3) is 0.368. The molecule has 7 nitrogen and oxygen atoms in total. The van der Waals surface area contributed by atoms with Gasteiger partial charge in [-0.3, -0.25) is 9.59 Å². The van der Waals surface area contributed by atoms with Crippen molar-refractivity contribution >= 4 is 38.2 Å². The maximum atomic E-state index is 13.0. The van der Waals surface area contributed by atoms with Crippen LogP contribution in [0.15, 0.2) is 35.2 Å². The van der Waals surface area contributed by atoms with E-state index in [-0.39, 0.29) is 24.9 Å². The van der Waals surface area contributed by atoms with Gasteiger partial charge in [0.2, 0.25) is 15.9 Å². The van der Waals surface area contributed by atoms with E-state index >= 15 is 0 Å². The normalized spacial score (nSPS) is 15.5. The molecule has 3 rings (SSSR count). The summed E-state index contributed by atoms with van der Waals surface area (Å²) in [5.41, 5.74) is 1.61. The van der Waals surface area contributed by atoms with Crippen LogP contribution < -0.4 is 5.32 Å². The molecule has 0 saturated carbocycles. The second kappa shape index (κ2) is 8.02. The molecule has 0 spiro atoms. The van der Waals surface area contributed by atoms with Crippen LogP contribution in [0.5, 0.6) is 0 Å². The number of nitrogens with zero attached hydrogens (tertiary/aromatic N) is 2. The molecule has 1 fully saturated rings. The second-order valence-electron chi connectivity index (χ2n) is 6.81. The first kappa shape index (κ1) is 20.5. The molecular formula is C19H23N3O4S2. The number of sulfonamides is 1. The molecule has 150 valence electrons. The number of anilines is 1. The van der Waals surface area contributed by atoms with Crippen LogP contribution in [0.4, 0.5) is 5.00 Å². The molecule has 0 atom stereocenters. The van der Waals surface area contributed by atoms with Crippen LogP contribution in [0, 0.1) is 13.8 Å². The van der Waals surface area contributed by atoms with Gasteiger partial charge in [-0.25, -0.2) is 8.42 Å². The average Bonchev–Trinajstić information content (AvgIpc) is 3.10. The monoisotopic (exact) mass is 421 g/mol. The van der Waals surface area contributed by atoms with Crippen molar-refractivity contribution in [2.75, 3.05) is 31.5 Å². The lowest BCUT2D eigenvalue weighted by Crippen LogP contribution is -2.50. The molecule has 0 radical (unpaired) electrons. The predicted molar refractivity (Wildman–Crippen MR) is 109 cm³/mol. The molecule has 0 aliphatic carbocycles. The van der Waals surface area contributed by atoms with E-state index in [4.69, 9.17) is 0 Å². The second-order valence-corrected chi connectivity index (χ2v) is 9.80. The van der Waals surface area contributed by atoms with Crippen molar-refractivity contribution in [3.8, 4) is 0 Å². The molecule has 0 bridgehead atoms. The first-order chi connectivity index (χ1) is 13.2. The van der Waals surface area contributed by atoms with E-state index < -0.39 is 10.0 Å². The quantitative estimate of drug-likeness (QED) is 0.822. The van der Waals surface area contributed by atoms with Crippen molar-refractivity contribution in [2.45, 2.75) is 25.7 Å². The van der Waals surface area contributed by atoms with Crippen LogP contribution in [0.2, 0.25) is 0 Å². The topological polar surface area (TPSA) is 86.8 Å². The Hall–Kier alpha value is -2.23. The van der Waals surface area contributed by atoms with Gasteiger partial charge < -0.3 is 10.2 Å². The molecule has 1 aliphatic rings. The number of aryl methyl sites for hydroxylation is 2. The number of carbonyl (C=O) groups is 2. The Morgan fingerprint density at radius 3 is 2.36 bits per heavy atom. The van der Waals surface area contributed by atoms with Crippen molar-refractivity contribution < 1.29 is 18.0 Å². The van der Waals surface area contributed by atoms with Gasteiger partial charge in [-0.1, -0.05) is 12.1 Å². The highest BCUT2D eigenvalue weighted by molar-refractivity contribution is 7.89. The molecule has 1 aromatic carbocycles. The number of rotatable bonds is 4. The zero-order chi connectivity index (χ0) is 20.5. The van der Waals surface area contributed by atoms with Gasteiger partial charge in [0, 0.05) is 33.1 Å². The number of thiophene rings is 1. The highest BCUT2D eigenvalue weighted by atomic mass is 32.2. The Morgan fingerprint density at radius 2 is 1.71 bits per heavy atom. The molecule has 1 aliphatic heterocycles. The van der Waals surface area contributed by atoms with Crippen LogP contribution in [0.1, 0.15) is 27.7 Å². The van der Waals surface area contributed by atoms with Crippen LogP contribution in [0.3, 0.4) is 0 Å². The predicted octanol–water partition coefficient (Wildman–Crippen LogP) is 2.47. The Balaban J connectivity index is 1.68. The SMILES string of the molecule is CC(=O)Nc1ccc(C(=O)N2CCN(S(=O)(=O)c3cc(C)ccc3C)CC2)s1.